The third kappa shape index (κ3) is 4.53. The Hall–Kier alpha value is -2.95. The first-order valence-corrected chi connectivity index (χ1v) is 8.37. The molecule has 0 aliphatic heterocycles. The van der Waals surface area contributed by atoms with Crippen LogP contribution in [-0.2, 0) is 11.2 Å². The lowest BCUT2D eigenvalue weighted by Crippen LogP contribution is -2.11. The first kappa shape index (κ1) is 16.9. The van der Waals surface area contributed by atoms with Crippen molar-refractivity contribution in [2.45, 2.75) is 33.1 Å². The maximum Gasteiger partial charge on any atom is 0.226 e. The molecule has 25 heavy (non-hydrogen) atoms. The number of benzene rings is 2. The summed E-state index contributed by atoms with van der Waals surface area (Å²) in [4.78, 5) is 16.4. The lowest BCUT2D eigenvalue weighted by Gasteiger charge is -2.07. The van der Waals surface area contributed by atoms with Crippen molar-refractivity contribution >= 4 is 11.6 Å². The molecule has 0 bridgehead atoms. The summed E-state index contributed by atoms with van der Waals surface area (Å²) in [6.45, 7) is 4.08. The summed E-state index contributed by atoms with van der Waals surface area (Å²) < 4.78 is 5.26. The van der Waals surface area contributed by atoms with E-state index in [-0.39, 0.29) is 5.91 Å². The minimum Gasteiger partial charge on any atom is -0.339 e. The number of aryl methyl sites for hydroxylation is 3. The molecule has 3 aromatic rings. The highest BCUT2D eigenvalue weighted by atomic mass is 16.5. The molecule has 1 heterocycles. The number of rotatable bonds is 6. The van der Waals surface area contributed by atoms with Crippen LogP contribution in [0.25, 0.3) is 11.4 Å². The summed E-state index contributed by atoms with van der Waals surface area (Å²) >= 11 is 0. The molecule has 0 unspecified atom stereocenters. The van der Waals surface area contributed by atoms with Gasteiger partial charge in [-0.25, -0.2) is 0 Å². The molecule has 0 aliphatic carbocycles. The number of carbonyl (C=O) groups is 1. The predicted molar refractivity (Wildman–Crippen MR) is 97.2 cm³/mol. The van der Waals surface area contributed by atoms with Crippen LogP contribution in [0.2, 0.25) is 0 Å². The van der Waals surface area contributed by atoms with Gasteiger partial charge in [0.15, 0.2) is 0 Å². The third-order valence-corrected chi connectivity index (χ3v) is 4.09. The van der Waals surface area contributed by atoms with Crippen molar-refractivity contribution in [1.82, 2.24) is 10.1 Å². The Morgan fingerprint density at radius 2 is 1.88 bits per heavy atom. The van der Waals surface area contributed by atoms with Gasteiger partial charge in [0.25, 0.3) is 0 Å². The number of anilines is 1. The van der Waals surface area contributed by atoms with Crippen LogP contribution in [0.5, 0.6) is 0 Å². The van der Waals surface area contributed by atoms with Gasteiger partial charge in [0, 0.05) is 24.1 Å². The number of aromatic nitrogens is 2. The zero-order valence-electron chi connectivity index (χ0n) is 14.5. The molecule has 0 aliphatic rings. The number of hydrogen-bond acceptors (Lipinski definition) is 4. The fourth-order valence-electron chi connectivity index (χ4n) is 2.50. The Morgan fingerprint density at radius 3 is 2.64 bits per heavy atom. The fraction of sp³-hybridized carbons (Fsp3) is 0.250. The molecule has 0 fully saturated rings. The van der Waals surface area contributed by atoms with Crippen LogP contribution in [0.3, 0.4) is 0 Å². The van der Waals surface area contributed by atoms with Crippen molar-refractivity contribution in [3.05, 3.63) is 65.5 Å². The van der Waals surface area contributed by atoms with Gasteiger partial charge in [0.2, 0.25) is 17.6 Å². The molecule has 3 rings (SSSR count). The molecule has 0 spiro atoms. The first-order chi connectivity index (χ1) is 12.1. The van der Waals surface area contributed by atoms with Crippen LogP contribution in [-0.4, -0.2) is 16.0 Å². The van der Waals surface area contributed by atoms with Gasteiger partial charge in [-0.15, -0.1) is 0 Å². The van der Waals surface area contributed by atoms with E-state index < -0.39 is 0 Å². The number of nitrogens with one attached hydrogen (secondary N) is 1. The molecule has 0 saturated carbocycles. The largest absolute Gasteiger partial charge is 0.339 e. The van der Waals surface area contributed by atoms with Crippen LogP contribution in [0.4, 0.5) is 5.69 Å². The van der Waals surface area contributed by atoms with Gasteiger partial charge >= 0.3 is 0 Å². The lowest BCUT2D eigenvalue weighted by molar-refractivity contribution is -0.116. The average Bonchev–Trinajstić information content (AvgIpc) is 3.08. The smallest absolute Gasteiger partial charge is 0.226 e. The van der Waals surface area contributed by atoms with Crippen molar-refractivity contribution in [1.29, 1.82) is 0 Å². The van der Waals surface area contributed by atoms with Gasteiger partial charge in [-0.2, -0.15) is 4.98 Å². The fourth-order valence-corrected chi connectivity index (χ4v) is 2.50. The Labute approximate surface area is 147 Å². The molecule has 0 atom stereocenters. The predicted octanol–water partition coefficient (Wildman–Crippen LogP) is 4.31. The van der Waals surface area contributed by atoms with E-state index >= 15 is 0 Å². The topological polar surface area (TPSA) is 68.0 Å². The zero-order valence-corrected chi connectivity index (χ0v) is 14.5. The van der Waals surface area contributed by atoms with E-state index in [0.29, 0.717) is 31.0 Å². The number of hydrogen-bond donors (Lipinski definition) is 1. The van der Waals surface area contributed by atoms with Crippen LogP contribution in [0.1, 0.15) is 29.9 Å². The zero-order chi connectivity index (χ0) is 17.6. The van der Waals surface area contributed by atoms with Crippen molar-refractivity contribution in [2.75, 3.05) is 5.32 Å². The van der Waals surface area contributed by atoms with Crippen molar-refractivity contribution in [3.8, 4) is 11.4 Å². The highest BCUT2D eigenvalue weighted by molar-refractivity contribution is 5.90. The van der Waals surface area contributed by atoms with E-state index in [1.807, 2.05) is 55.5 Å². The van der Waals surface area contributed by atoms with Gasteiger partial charge in [0.1, 0.15) is 0 Å². The van der Waals surface area contributed by atoms with E-state index in [1.54, 1.807) is 0 Å². The van der Waals surface area contributed by atoms with Crippen LogP contribution in [0.15, 0.2) is 53.1 Å². The van der Waals surface area contributed by atoms with Gasteiger partial charge in [-0.3, -0.25) is 4.79 Å². The van der Waals surface area contributed by atoms with E-state index in [0.717, 1.165) is 16.8 Å². The van der Waals surface area contributed by atoms with Gasteiger partial charge < -0.3 is 9.84 Å². The normalized spacial score (nSPS) is 10.6. The highest BCUT2D eigenvalue weighted by Gasteiger charge is 2.09. The molecule has 1 amide bonds. The molecule has 5 heteroatoms. The van der Waals surface area contributed by atoms with E-state index in [1.165, 1.54) is 5.56 Å². The van der Waals surface area contributed by atoms with Gasteiger partial charge in [-0.1, -0.05) is 41.6 Å². The maximum atomic E-state index is 12.0. The molecule has 2 aromatic carbocycles. The minimum atomic E-state index is -0.00829. The molecule has 0 saturated heterocycles. The summed E-state index contributed by atoms with van der Waals surface area (Å²) in [5.74, 6) is 1.12. The second-order valence-corrected chi connectivity index (χ2v) is 6.08. The van der Waals surface area contributed by atoms with Crippen LogP contribution in [0, 0.1) is 13.8 Å². The second-order valence-electron chi connectivity index (χ2n) is 6.08. The average molecular weight is 335 g/mol. The summed E-state index contributed by atoms with van der Waals surface area (Å²) in [5.41, 5.74) is 4.13. The number of nitrogens with zero attached hydrogens (tertiary/aromatic N) is 2. The van der Waals surface area contributed by atoms with Crippen molar-refractivity contribution in [3.63, 3.8) is 0 Å². The Bertz CT molecular complexity index is 856. The summed E-state index contributed by atoms with van der Waals surface area (Å²) in [5, 5.41) is 6.90. The Balaban J connectivity index is 1.48. The van der Waals surface area contributed by atoms with Crippen LogP contribution >= 0.6 is 0 Å². The minimum absolute atomic E-state index is 0.00829. The summed E-state index contributed by atoms with van der Waals surface area (Å²) in [6.07, 6.45) is 1.66. The van der Waals surface area contributed by atoms with Gasteiger partial charge in [-0.05, 0) is 43.5 Å². The van der Waals surface area contributed by atoms with E-state index in [9.17, 15) is 4.79 Å². The van der Waals surface area contributed by atoms with E-state index in [4.69, 9.17) is 4.52 Å². The molecule has 1 aromatic heterocycles. The lowest BCUT2D eigenvalue weighted by atomic mass is 10.1. The number of carbonyl (C=O) groups excluding carboxylic acids is 1. The highest BCUT2D eigenvalue weighted by Crippen LogP contribution is 2.17. The third-order valence-electron chi connectivity index (χ3n) is 4.09. The summed E-state index contributed by atoms with van der Waals surface area (Å²) in [6, 6.07) is 15.6. The summed E-state index contributed by atoms with van der Waals surface area (Å²) in [7, 11) is 0. The number of amides is 1. The molecule has 128 valence electrons. The van der Waals surface area contributed by atoms with E-state index in [2.05, 4.69) is 22.4 Å². The molecule has 1 N–H and O–H groups in total. The molecule has 0 radical (unpaired) electrons. The quantitative estimate of drug-likeness (QED) is 0.728. The maximum absolute atomic E-state index is 12.0. The van der Waals surface area contributed by atoms with Crippen molar-refractivity contribution in [2.24, 2.45) is 0 Å². The second kappa shape index (κ2) is 7.75. The SMILES string of the molecule is Cc1ccc(NC(=O)CCCc2nc(-c3ccccc3)no2)cc1C. The standard InChI is InChI=1S/C20H21N3O2/c1-14-11-12-17(13-15(14)2)21-18(24)9-6-10-19-22-20(23-25-19)16-7-4-3-5-8-16/h3-5,7-8,11-13H,6,9-10H2,1-2H3,(H,21,24). The molecule has 5 nitrogen and oxygen atoms in total. The first-order valence-electron chi connectivity index (χ1n) is 8.37. The molecular weight excluding hydrogens is 314 g/mol. The Morgan fingerprint density at radius 1 is 1.08 bits per heavy atom. The Kier molecular flexibility index (Phi) is 5.23. The van der Waals surface area contributed by atoms with Crippen molar-refractivity contribution < 1.29 is 9.32 Å². The molecular formula is C20H21N3O2. The monoisotopic (exact) mass is 335 g/mol. The van der Waals surface area contributed by atoms with Crippen LogP contribution < -0.4 is 5.32 Å². The van der Waals surface area contributed by atoms with Gasteiger partial charge in [0.05, 0.1) is 0 Å².